The first-order valence-electron chi connectivity index (χ1n) is 6.75. The van der Waals surface area contributed by atoms with Gasteiger partial charge in [-0.3, -0.25) is 0 Å². The summed E-state index contributed by atoms with van der Waals surface area (Å²) >= 11 is 0. The first-order valence-corrected chi connectivity index (χ1v) is 6.75. The van der Waals surface area contributed by atoms with E-state index in [1.54, 1.807) is 18.2 Å². The van der Waals surface area contributed by atoms with Crippen LogP contribution in [0.2, 0.25) is 0 Å². The Bertz CT molecular complexity index is 621. The van der Waals surface area contributed by atoms with Crippen LogP contribution in [-0.4, -0.2) is 34.6 Å². The van der Waals surface area contributed by atoms with E-state index < -0.39 is 18.0 Å². The summed E-state index contributed by atoms with van der Waals surface area (Å²) in [7, 11) is 0. The van der Waals surface area contributed by atoms with Gasteiger partial charge >= 0.3 is 12.0 Å². The fourth-order valence-corrected chi connectivity index (χ4v) is 2.56. The Morgan fingerprint density at radius 3 is 2.81 bits per heavy atom. The van der Waals surface area contributed by atoms with Gasteiger partial charge in [0, 0.05) is 12.2 Å². The largest absolute Gasteiger partial charge is 0.480 e. The Balaban J connectivity index is 2.19. The SMILES string of the molecule is Cc1ccc(C#N)cc1NC(=O)N1CCC(C)C1C(=O)O. The van der Waals surface area contributed by atoms with Gasteiger partial charge in [0.05, 0.1) is 11.6 Å². The summed E-state index contributed by atoms with van der Waals surface area (Å²) < 4.78 is 0. The van der Waals surface area contributed by atoms with Crippen molar-refractivity contribution in [2.24, 2.45) is 5.92 Å². The van der Waals surface area contributed by atoms with E-state index in [4.69, 9.17) is 5.26 Å². The number of amides is 2. The second kappa shape index (κ2) is 5.83. The number of carboxylic acids is 1. The van der Waals surface area contributed by atoms with Crippen LogP contribution >= 0.6 is 0 Å². The summed E-state index contributed by atoms with van der Waals surface area (Å²) in [6, 6.07) is 5.77. The first kappa shape index (κ1) is 14.9. The lowest BCUT2D eigenvalue weighted by atomic mass is 10.0. The monoisotopic (exact) mass is 287 g/mol. The predicted molar refractivity (Wildman–Crippen MR) is 76.8 cm³/mol. The minimum atomic E-state index is -0.988. The second-order valence-electron chi connectivity index (χ2n) is 5.31. The number of likely N-dealkylation sites (tertiary alicyclic amines) is 1. The molecular weight excluding hydrogens is 270 g/mol. The number of nitrogens with zero attached hydrogens (tertiary/aromatic N) is 2. The number of aliphatic carboxylic acids is 1. The number of anilines is 1. The lowest BCUT2D eigenvalue weighted by Gasteiger charge is -2.24. The number of nitriles is 1. The number of hydrogen-bond acceptors (Lipinski definition) is 3. The maximum atomic E-state index is 12.3. The number of urea groups is 1. The summed E-state index contributed by atoms with van der Waals surface area (Å²) in [5, 5.41) is 20.8. The lowest BCUT2D eigenvalue weighted by Crippen LogP contribution is -2.44. The zero-order valence-corrected chi connectivity index (χ0v) is 12.0. The molecular formula is C15H17N3O3. The molecule has 6 heteroatoms. The molecule has 1 aromatic rings. The van der Waals surface area contributed by atoms with E-state index in [0.717, 1.165) is 5.56 Å². The van der Waals surface area contributed by atoms with Crippen molar-refractivity contribution >= 4 is 17.7 Å². The zero-order chi connectivity index (χ0) is 15.6. The summed E-state index contributed by atoms with van der Waals surface area (Å²) in [5.41, 5.74) is 1.80. The van der Waals surface area contributed by atoms with Gasteiger partial charge in [0.15, 0.2) is 0 Å². The highest BCUT2D eigenvalue weighted by Crippen LogP contribution is 2.25. The smallest absolute Gasteiger partial charge is 0.326 e. The minimum Gasteiger partial charge on any atom is -0.480 e. The summed E-state index contributed by atoms with van der Waals surface area (Å²) in [4.78, 5) is 24.9. The van der Waals surface area contributed by atoms with Gasteiger partial charge in [-0.25, -0.2) is 9.59 Å². The molecule has 1 heterocycles. The number of rotatable bonds is 2. The molecule has 0 bridgehead atoms. The van der Waals surface area contributed by atoms with E-state index in [2.05, 4.69) is 5.32 Å². The molecule has 1 aliphatic heterocycles. The minimum absolute atomic E-state index is 0.0696. The number of aryl methyl sites for hydroxylation is 1. The Kier molecular flexibility index (Phi) is 4.13. The number of nitrogens with one attached hydrogen (secondary N) is 1. The standard InChI is InChI=1S/C15H17N3O3/c1-9-3-4-11(8-16)7-12(9)17-15(21)18-6-5-10(2)13(18)14(19)20/h3-4,7,10,13H,5-6H2,1-2H3,(H,17,21)(H,19,20). The number of hydrogen-bond donors (Lipinski definition) is 2. The van der Waals surface area contributed by atoms with E-state index in [1.165, 1.54) is 4.90 Å². The van der Waals surface area contributed by atoms with E-state index in [9.17, 15) is 14.7 Å². The van der Waals surface area contributed by atoms with Crippen LogP contribution in [-0.2, 0) is 4.79 Å². The summed E-state index contributed by atoms with van der Waals surface area (Å²) in [6.07, 6.45) is 0.668. The number of carboxylic acid groups (broad SMARTS) is 1. The molecule has 2 atom stereocenters. The normalized spacial score (nSPS) is 20.9. The first-order chi connectivity index (χ1) is 9.93. The molecule has 110 valence electrons. The molecule has 2 amide bonds. The Morgan fingerprint density at radius 2 is 2.19 bits per heavy atom. The van der Waals surface area contributed by atoms with Gasteiger partial charge < -0.3 is 15.3 Å². The van der Waals surface area contributed by atoms with Gasteiger partial charge in [0.25, 0.3) is 0 Å². The predicted octanol–water partition coefficient (Wildman–Crippen LogP) is 2.19. The summed E-state index contributed by atoms with van der Waals surface area (Å²) in [5.74, 6) is -1.06. The van der Waals surface area contributed by atoms with Gasteiger partial charge in [-0.1, -0.05) is 13.0 Å². The number of carbonyl (C=O) groups excluding carboxylic acids is 1. The maximum absolute atomic E-state index is 12.3. The molecule has 0 spiro atoms. The van der Waals surface area contributed by atoms with Crippen LogP contribution in [0.3, 0.4) is 0 Å². The van der Waals surface area contributed by atoms with Crippen LogP contribution in [0.25, 0.3) is 0 Å². The topological polar surface area (TPSA) is 93.4 Å². The highest BCUT2D eigenvalue weighted by atomic mass is 16.4. The molecule has 1 saturated heterocycles. The average molecular weight is 287 g/mol. The molecule has 6 nitrogen and oxygen atoms in total. The average Bonchev–Trinajstić information content (AvgIpc) is 2.83. The van der Waals surface area contributed by atoms with Gasteiger partial charge in [-0.2, -0.15) is 5.26 Å². The van der Waals surface area contributed by atoms with Crippen LogP contribution in [0, 0.1) is 24.2 Å². The summed E-state index contributed by atoms with van der Waals surface area (Å²) in [6.45, 7) is 4.06. The van der Waals surface area contributed by atoms with E-state index in [1.807, 2.05) is 19.9 Å². The molecule has 1 aromatic carbocycles. The van der Waals surface area contributed by atoms with Crippen molar-refractivity contribution in [3.05, 3.63) is 29.3 Å². The third-order valence-corrected chi connectivity index (χ3v) is 3.82. The van der Waals surface area contributed by atoms with Crippen LogP contribution in [0.4, 0.5) is 10.5 Å². The van der Waals surface area contributed by atoms with Gasteiger partial charge in [0.2, 0.25) is 0 Å². The van der Waals surface area contributed by atoms with Crippen LogP contribution in [0.1, 0.15) is 24.5 Å². The number of carbonyl (C=O) groups is 2. The van der Waals surface area contributed by atoms with Crippen LogP contribution < -0.4 is 5.32 Å². The highest BCUT2D eigenvalue weighted by Gasteiger charge is 2.39. The molecule has 0 aliphatic carbocycles. The second-order valence-corrected chi connectivity index (χ2v) is 5.31. The van der Waals surface area contributed by atoms with Crippen molar-refractivity contribution in [1.29, 1.82) is 5.26 Å². The van der Waals surface area contributed by atoms with Crippen LogP contribution in [0.15, 0.2) is 18.2 Å². The van der Waals surface area contributed by atoms with Crippen molar-refractivity contribution in [2.75, 3.05) is 11.9 Å². The number of benzene rings is 1. The van der Waals surface area contributed by atoms with Gasteiger partial charge in [-0.15, -0.1) is 0 Å². The van der Waals surface area contributed by atoms with Crippen molar-refractivity contribution in [2.45, 2.75) is 26.3 Å². The maximum Gasteiger partial charge on any atom is 0.326 e. The quantitative estimate of drug-likeness (QED) is 0.872. The fourth-order valence-electron chi connectivity index (χ4n) is 2.56. The van der Waals surface area contributed by atoms with E-state index >= 15 is 0 Å². The lowest BCUT2D eigenvalue weighted by molar-refractivity contribution is -0.142. The van der Waals surface area contributed by atoms with Crippen LogP contribution in [0.5, 0.6) is 0 Å². The molecule has 2 rings (SSSR count). The third kappa shape index (κ3) is 2.97. The van der Waals surface area contributed by atoms with Gasteiger partial charge in [0.1, 0.15) is 6.04 Å². The van der Waals surface area contributed by atoms with Crippen molar-refractivity contribution < 1.29 is 14.7 Å². The van der Waals surface area contributed by atoms with E-state index in [0.29, 0.717) is 24.2 Å². The van der Waals surface area contributed by atoms with E-state index in [-0.39, 0.29) is 5.92 Å². The van der Waals surface area contributed by atoms with Crippen molar-refractivity contribution in [3.63, 3.8) is 0 Å². The Hall–Kier alpha value is -2.55. The molecule has 1 aliphatic rings. The molecule has 0 aromatic heterocycles. The molecule has 2 unspecified atom stereocenters. The van der Waals surface area contributed by atoms with Gasteiger partial charge in [-0.05, 0) is 37.0 Å². The Labute approximate surface area is 123 Å². The molecule has 1 fully saturated rings. The zero-order valence-electron chi connectivity index (χ0n) is 12.0. The van der Waals surface area contributed by atoms with Crippen molar-refractivity contribution in [3.8, 4) is 6.07 Å². The molecule has 21 heavy (non-hydrogen) atoms. The molecule has 2 N–H and O–H groups in total. The Morgan fingerprint density at radius 1 is 1.48 bits per heavy atom. The highest BCUT2D eigenvalue weighted by molar-refractivity contribution is 5.93. The third-order valence-electron chi connectivity index (χ3n) is 3.82. The molecule has 0 radical (unpaired) electrons. The fraction of sp³-hybridized carbons (Fsp3) is 0.400. The molecule has 0 saturated carbocycles. The van der Waals surface area contributed by atoms with Crippen molar-refractivity contribution in [1.82, 2.24) is 4.90 Å².